The standard InChI is InChI=1S/C35H34N4O5/c1-5-43-32-22-26(15-20-31(32)44-35(42)28-16-11-24(2)12-17-28)23-36-38-34(41)30(37-33(40)27-9-7-6-8-10-27)21-25-13-18-29(19-14-25)39(3)4/h6-23H,5H2,1-4H3,(H,37,40)(H,38,41). The van der Waals surface area contributed by atoms with Gasteiger partial charge in [-0.15, -0.1) is 0 Å². The fourth-order valence-corrected chi connectivity index (χ4v) is 4.01. The Balaban J connectivity index is 1.50. The lowest BCUT2D eigenvalue weighted by atomic mass is 10.1. The van der Waals surface area contributed by atoms with Gasteiger partial charge in [-0.05, 0) is 85.6 Å². The van der Waals surface area contributed by atoms with E-state index >= 15 is 0 Å². The lowest BCUT2D eigenvalue weighted by molar-refractivity contribution is -0.117. The number of amides is 2. The number of carbonyl (C=O) groups is 3. The Morgan fingerprint density at radius 3 is 2.16 bits per heavy atom. The molecule has 0 saturated heterocycles. The van der Waals surface area contributed by atoms with Crippen molar-refractivity contribution in [1.29, 1.82) is 0 Å². The van der Waals surface area contributed by atoms with Gasteiger partial charge in [0, 0.05) is 25.3 Å². The SMILES string of the molecule is CCOc1cc(C=NNC(=O)C(=Cc2ccc(N(C)C)cc2)NC(=O)c2ccccc2)ccc1OC(=O)c1ccc(C)cc1. The molecule has 0 heterocycles. The Hall–Kier alpha value is -5.70. The maximum Gasteiger partial charge on any atom is 0.343 e. The summed E-state index contributed by atoms with van der Waals surface area (Å²) in [5.74, 6) is -0.949. The Morgan fingerprint density at radius 2 is 1.50 bits per heavy atom. The predicted octanol–water partition coefficient (Wildman–Crippen LogP) is 5.60. The molecule has 44 heavy (non-hydrogen) atoms. The molecular formula is C35H34N4O5. The molecule has 0 aliphatic carbocycles. The first kappa shape index (κ1) is 31.2. The average molecular weight is 591 g/mol. The summed E-state index contributed by atoms with van der Waals surface area (Å²) in [6.07, 6.45) is 3.00. The highest BCUT2D eigenvalue weighted by Gasteiger charge is 2.15. The van der Waals surface area contributed by atoms with Crippen LogP contribution in [0.25, 0.3) is 6.08 Å². The zero-order chi connectivity index (χ0) is 31.5. The van der Waals surface area contributed by atoms with Crippen LogP contribution in [0.5, 0.6) is 11.5 Å². The molecule has 4 aromatic rings. The Kier molecular flexibility index (Phi) is 10.6. The van der Waals surface area contributed by atoms with Crippen molar-refractivity contribution in [2.24, 2.45) is 5.10 Å². The van der Waals surface area contributed by atoms with Gasteiger partial charge in [0.25, 0.3) is 11.8 Å². The number of hydrogen-bond acceptors (Lipinski definition) is 7. The molecule has 0 aliphatic heterocycles. The molecule has 0 aromatic heterocycles. The van der Waals surface area contributed by atoms with Crippen LogP contribution in [0.2, 0.25) is 0 Å². The van der Waals surface area contributed by atoms with Crippen LogP contribution in [0, 0.1) is 6.92 Å². The van der Waals surface area contributed by atoms with Gasteiger partial charge in [-0.3, -0.25) is 9.59 Å². The first-order chi connectivity index (χ1) is 21.2. The van der Waals surface area contributed by atoms with Crippen LogP contribution in [-0.4, -0.2) is 44.7 Å². The van der Waals surface area contributed by atoms with E-state index in [4.69, 9.17) is 9.47 Å². The second-order valence-corrected chi connectivity index (χ2v) is 9.96. The third kappa shape index (κ3) is 8.65. The smallest absolute Gasteiger partial charge is 0.343 e. The van der Waals surface area contributed by atoms with Crippen molar-refractivity contribution in [3.63, 3.8) is 0 Å². The number of ether oxygens (including phenoxy) is 2. The van der Waals surface area contributed by atoms with Crippen molar-refractivity contribution >= 4 is 35.8 Å². The maximum atomic E-state index is 13.2. The summed E-state index contributed by atoms with van der Waals surface area (Å²) in [4.78, 5) is 40.7. The molecule has 9 heteroatoms. The van der Waals surface area contributed by atoms with E-state index in [0.717, 1.165) is 16.8 Å². The van der Waals surface area contributed by atoms with E-state index in [1.165, 1.54) is 6.21 Å². The van der Waals surface area contributed by atoms with E-state index in [1.54, 1.807) is 66.7 Å². The minimum absolute atomic E-state index is 0.0157. The fraction of sp³-hybridized carbons (Fsp3) is 0.143. The van der Waals surface area contributed by atoms with Gasteiger partial charge in [0.05, 0.1) is 18.4 Å². The topological polar surface area (TPSA) is 109 Å². The number of nitrogens with one attached hydrogen (secondary N) is 2. The van der Waals surface area contributed by atoms with Gasteiger partial charge in [-0.1, -0.05) is 48.0 Å². The van der Waals surface area contributed by atoms with E-state index in [0.29, 0.717) is 29.0 Å². The summed E-state index contributed by atoms with van der Waals surface area (Å²) in [5.41, 5.74) is 6.65. The van der Waals surface area contributed by atoms with Crippen LogP contribution in [0.1, 0.15) is 44.3 Å². The second kappa shape index (κ2) is 15.0. The monoisotopic (exact) mass is 590 g/mol. The lowest BCUT2D eigenvalue weighted by Crippen LogP contribution is -2.32. The van der Waals surface area contributed by atoms with Gasteiger partial charge >= 0.3 is 5.97 Å². The summed E-state index contributed by atoms with van der Waals surface area (Å²) in [5, 5.41) is 6.78. The van der Waals surface area contributed by atoms with E-state index < -0.39 is 17.8 Å². The molecule has 224 valence electrons. The molecule has 0 spiro atoms. The van der Waals surface area contributed by atoms with Gasteiger partial charge in [-0.25, -0.2) is 10.2 Å². The molecule has 0 bridgehead atoms. The molecule has 9 nitrogen and oxygen atoms in total. The van der Waals surface area contributed by atoms with Crippen molar-refractivity contribution in [1.82, 2.24) is 10.7 Å². The zero-order valence-electron chi connectivity index (χ0n) is 25.0. The number of benzene rings is 4. The summed E-state index contributed by atoms with van der Waals surface area (Å²) in [6, 6.07) is 28.1. The number of anilines is 1. The van der Waals surface area contributed by atoms with E-state index in [2.05, 4.69) is 15.8 Å². The minimum atomic E-state index is -0.615. The molecule has 0 fully saturated rings. The highest BCUT2D eigenvalue weighted by Crippen LogP contribution is 2.29. The number of aryl methyl sites for hydroxylation is 1. The van der Waals surface area contributed by atoms with Crippen LogP contribution in [0.3, 0.4) is 0 Å². The fourth-order valence-electron chi connectivity index (χ4n) is 4.01. The molecule has 2 amide bonds. The molecule has 0 saturated carbocycles. The summed E-state index contributed by atoms with van der Waals surface area (Å²) >= 11 is 0. The first-order valence-corrected chi connectivity index (χ1v) is 14.0. The number of carbonyl (C=O) groups excluding carboxylic acids is 3. The van der Waals surface area contributed by atoms with Crippen LogP contribution in [0.4, 0.5) is 5.69 Å². The van der Waals surface area contributed by atoms with Crippen molar-refractivity contribution in [3.8, 4) is 11.5 Å². The van der Waals surface area contributed by atoms with Gasteiger partial charge in [0.1, 0.15) is 5.70 Å². The van der Waals surface area contributed by atoms with Crippen LogP contribution in [0.15, 0.2) is 108 Å². The maximum absolute atomic E-state index is 13.2. The number of hydrazone groups is 1. The van der Waals surface area contributed by atoms with Crippen LogP contribution in [-0.2, 0) is 4.79 Å². The molecule has 0 atom stereocenters. The zero-order valence-corrected chi connectivity index (χ0v) is 25.0. The van der Waals surface area contributed by atoms with E-state index in [9.17, 15) is 14.4 Å². The molecule has 4 aromatic carbocycles. The van der Waals surface area contributed by atoms with Gasteiger partial charge < -0.3 is 19.7 Å². The van der Waals surface area contributed by atoms with Crippen molar-refractivity contribution in [2.75, 3.05) is 25.6 Å². The van der Waals surface area contributed by atoms with E-state index in [-0.39, 0.29) is 11.4 Å². The van der Waals surface area contributed by atoms with Gasteiger partial charge in [0.15, 0.2) is 11.5 Å². The third-order valence-corrected chi connectivity index (χ3v) is 6.39. The van der Waals surface area contributed by atoms with Crippen molar-refractivity contribution in [3.05, 3.63) is 131 Å². The normalized spacial score (nSPS) is 11.1. The predicted molar refractivity (Wildman–Crippen MR) is 172 cm³/mol. The first-order valence-electron chi connectivity index (χ1n) is 14.0. The summed E-state index contributed by atoms with van der Waals surface area (Å²) < 4.78 is 11.3. The Morgan fingerprint density at radius 1 is 0.818 bits per heavy atom. The molecule has 0 unspecified atom stereocenters. The number of esters is 1. The third-order valence-electron chi connectivity index (χ3n) is 6.39. The number of hydrogen-bond donors (Lipinski definition) is 2. The largest absolute Gasteiger partial charge is 0.490 e. The van der Waals surface area contributed by atoms with Crippen molar-refractivity contribution < 1.29 is 23.9 Å². The van der Waals surface area contributed by atoms with Crippen LogP contribution >= 0.6 is 0 Å². The van der Waals surface area contributed by atoms with Crippen LogP contribution < -0.4 is 25.1 Å². The van der Waals surface area contributed by atoms with Gasteiger partial charge in [0.2, 0.25) is 0 Å². The summed E-state index contributed by atoms with van der Waals surface area (Å²) in [7, 11) is 3.87. The van der Waals surface area contributed by atoms with Crippen molar-refractivity contribution in [2.45, 2.75) is 13.8 Å². The quantitative estimate of drug-likeness (QED) is 0.0774. The van der Waals surface area contributed by atoms with E-state index in [1.807, 2.05) is 69.2 Å². The highest BCUT2D eigenvalue weighted by atomic mass is 16.6. The Bertz CT molecular complexity index is 1660. The minimum Gasteiger partial charge on any atom is -0.490 e. The molecule has 2 N–H and O–H groups in total. The molecule has 4 rings (SSSR count). The average Bonchev–Trinajstić information content (AvgIpc) is 3.03. The lowest BCUT2D eigenvalue weighted by Gasteiger charge is -2.13. The summed E-state index contributed by atoms with van der Waals surface area (Å²) in [6.45, 7) is 4.10. The molecular weight excluding hydrogens is 556 g/mol. The number of nitrogens with zero attached hydrogens (tertiary/aromatic N) is 2. The van der Waals surface area contributed by atoms with Gasteiger partial charge in [-0.2, -0.15) is 5.10 Å². The number of rotatable bonds is 11. The molecule has 0 aliphatic rings. The highest BCUT2D eigenvalue weighted by molar-refractivity contribution is 6.05. The second-order valence-electron chi connectivity index (χ2n) is 9.96. The Labute approximate surface area is 256 Å². The molecule has 0 radical (unpaired) electrons.